The van der Waals surface area contributed by atoms with Gasteiger partial charge in [-0.2, -0.15) is 0 Å². The molecular formula is C15H22N2O2. The molecule has 0 aliphatic carbocycles. The van der Waals surface area contributed by atoms with Gasteiger partial charge in [0.05, 0.1) is 11.5 Å². The highest BCUT2D eigenvalue weighted by Crippen LogP contribution is 2.25. The largest absolute Gasteiger partial charge is 0.389 e. The van der Waals surface area contributed by atoms with Crippen molar-refractivity contribution >= 4 is 5.91 Å². The molecule has 0 spiro atoms. The molecule has 0 radical (unpaired) electrons. The van der Waals surface area contributed by atoms with Gasteiger partial charge in [0, 0.05) is 26.7 Å². The molecular weight excluding hydrogens is 240 g/mol. The molecule has 0 aromatic heterocycles. The Hall–Kier alpha value is -1.39. The summed E-state index contributed by atoms with van der Waals surface area (Å²) in [4.78, 5) is 14.1. The van der Waals surface area contributed by atoms with Crippen molar-refractivity contribution in [1.29, 1.82) is 0 Å². The normalized spacial score (nSPS) is 18.8. The third-order valence-electron chi connectivity index (χ3n) is 3.39. The number of nitrogens with one attached hydrogen (secondary N) is 1. The SMILES string of the molecule is CN(CC(C)(C)O)C(=O)C1CNCc2ccccc21. The van der Waals surface area contributed by atoms with Gasteiger partial charge in [0.25, 0.3) is 0 Å². The smallest absolute Gasteiger partial charge is 0.231 e. The van der Waals surface area contributed by atoms with Gasteiger partial charge in [0.15, 0.2) is 0 Å². The minimum absolute atomic E-state index is 0.0572. The van der Waals surface area contributed by atoms with E-state index in [9.17, 15) is 9.90 Å². The zero-order valence-electron chi connectivity index (χ0n) is 11.8. The third-order valence-corrected chi connectivity index (χ3v) is 3.39. The second-order valence-electron chi connectivity index (χ2n) is 5.89. The number of nitrogens with zero attached hydrogens (tertiary/aromatic N) is 1. The van der Waals surface area contributed by atoms with Crippen molar-refractivity contribution < 1.29 is 9.90 Å². The van der Waals surface area contributed by atoms with Gasteiger partial charge in [-0.1, -0.05) is 24.3 Å². The molecule has 1 atom stereocenters. The number of likely N-dealkylation sites (N-methyl/N-ethyl adjacent to an activating group) is 1. The Morgan fingerprint density at radius 3 is 2.84 bits per heavy atom. The predicted molar refractivity (Wildman–Crippen MR) is 74.8 cm³/mol. The molecule has 0 fully saturated rings. The van der Waals surface area contributed by atoms with Crippen LogP contribution in [-0.4, -0.2) is 41.7 Å². The quantitative estimate of drug-likeness (QED) is 0.858. The van der Waals surface area contributed by atoms with Crippen molar-refractivity contribution in [2.24, 2.45) is 0 Å². The average Bonchev–Trinajstić information content (AvgIpc) is 2.35. The van der Waals surface area contributed by atoms with Crippen LogP contribution in [0.5, 0.6) is 0 Å². The van der Waals surface area contributed by atoms with Gasteiger partial charge in [-0.15, -0.1) is 0 Å². The van der Waals surface area contributed by atoms with Crippen molar-refractivity contribution in [1.82, 2.24) is 10.2 Å². The van der Waals surface area contributed by atoms with E-state index >= 15 is 0 Å². The highest BCUT2D eigenvalue weighted by Gasteiger charge is 2.30. The van der Waals surface area contributed by atoms with Crippen molar-refractivity contribution in [3.05, 3.63) is 35.4 Å². The zero-order chi connectivity index (χ0) is 14.0. The predicted octanol–water partition coefficient (Wildman–Crippen LogP) is 1.10. The summed E-state index contributed by atoms with van der Waals surface area (Å²) in [7, 11) is 1.75. The minimum Gasteiger partial charge on any atom is -0.389 e. The van der Waals surface area contributed by atoms with E-state index in [1.165, 1.54) is 5.56 Å². The Morgan fingerprint density at radius 2 is 2.16 bits per heavy atom. The van der Waals surface area contributed by atoms with E-state index in [0.29, 0.717) is 13.1 Å². The van der Waals surface area contributed by atoms with Crippen LogP contribution in [0.25, 0.3) is 0 Å². The first kappa shape index (κ1) is 14.0. The van der Waals surface area contributed by atoms with Gasteiger partial charge >= 0.3 is 0 Å². The van der Waals surface area contributed by atoms with E-state index in [0.717, 1.165) is 12.1 Å². The zero-order valence-corrected chi connectivity index (χ0v) is 11.8. The monoisotopic (exact) mass is 262 g/mol. The first-order valence-electron chi connectivity index (χ1n) is 6.64. The summed E-state index contributed by atoms with van der Waals surface area (Å²) >= 11 is 0. The van der Waals surface area contributed by atoms with E-state index in [4.69, 9.17) is 0 Å². The summed E-state index contributed by atoms with van der Waals surface area (Å²) in [6, 6.07) is 8.04. The van der Waals surface area contributed by atoms with Crippen LogP contribution in [0.4, 0.5) is 0 Å². The highest BCUT2D eigenvalue weighted by molar-refractivity contribution is 5.84. The fraction of sp³-hybridized carbons (Fsp3) is 0.533. The summed E-state index contributed by atoms with van der Waals surface area (Å²) < 4.78 is 0. The highest BCUT2D eigenvalue weighted by atomic mass is 16.3. The molecule has 4 nitrogen and oxygen atoms in total. The van der Waals surface area contributed by atoms with Gasteiger partial charge in [0.2, 0.25) is 5.91 Å². The van der Waals surface area contributed by atoms with Gasteiger partial charge in [-0.3, -0.25) is 4.79 Å². The fourth-order valence-electron chi connectivity index (χ4n) is 2.64. The van der Waals surface area contributed by atoms with Crippen molar-refractivity contribution in [2.45, 2.75) is 31.9 Å². The van der Waals surface area contributed by atoms with Crippen LogP contribution in [0, 0.1) is 0 Å². The number of hydrogen-bond acceptors (Lipinski definition) is 3. The lowest BCUT2D eigenvalue weighted by Gasteiger charge is -2.32. The molecule has 4 heteroatoms. The second kappa shape index (κ2) is 5.31. The van der Waals surface area contributed by atoms with Crippen LogP contribution in [-0.2, 0) is 11.3 Å². The van der Waals surface area contributed by atoms with Gasteiger partial charge < -0.3 is 15.3 Å². The first-order valence-corrected chi connectivity index (χ1v) is 6.64. The molecule has 2 N–H and O–H groups in total. The lowest BCUT2D eigenvalue weighted by atomic mass is 9.89. The Kier molecular flexibility index (Phi) is 3.92. The Balaban J connectivity index is 2.17. The third kappa shape index (κ3) is 3.33. The number of carbonyl (C=O) groups excluding carboxylic acids is 1. The fourth-order valence-corrected chi connectivity index (χ4v) is 2.64. The molecule has 1 amide bonds. The average molecular weight is 262 g/mol. The maximum atomic E-state index is 12.5. The molecule has 2 rings (SSSR count). The van der Waals surface area contributed by atoms with E-state index in [-0.39, 0.29) is 11.8 Å². The van der Waals surface area contributed by atoms with Crippen LogP contribution >= 0.6 is 0 Å². The lowest BCUT2D eigenvalue weighted by molar-refractivity contribution is -0.134. The topological polar surface area (TPSA) is 52.6 Å². The number of rotatable bonds is 3. The molecule has 104 valence electrons. The molecule has 0 saturated carbocycles. The maximum Gasteiger partial charge on any atom is 0.231 e. The number of carbonyl (C=O) groups is 1. The van der Waals surface area contributed by atoms with Crippen LogP contribution in [0.3, 0.4) is 0 Å². The van der Waals surface area contributed by atoms with Crippen LogP contribution in [0.1, 0.15) is 30.9 Å². The summed E-state index contributed by atoms with van der Waals surface area (Å²) in [5, 5.41) is 13.1. The summed E-state index contributed by atoms with van der Waals surface area (Å²) in [5.74, 6) is -0.0981. The van der Waals surface area contributed by atoms with E-state index < -0.39 is 5.60 Å². The molecule has 1 aromatic rings. The number of aliphatic hydroxyl groups is 1. The lowest BCUT2D eigenvalue weighted by Crippen LogP contribution is -2.45. The number of amides is 1. The van der Waals surface area contributed by atoms with Crippen molar-refractivity contribution in [2.75, 3.05) is 20.1 Å². The molecule has 1 aliphatic heterocycles. The molecule has 0 bridgehead atoms. The Labute approximate surface area is 114 Å². The molecule has 1 unspecified atom stereocenters. The molecule has 1 aliphatic rings. The van der Waals surface area contributed by atoms with Crippen molar-refractivity contribution in [3.8, 4) is 0 Å². The van der Waals surface area contributed by atoms with E-state index in [1.807, 2.05) is 18.2 Å². The maximum absolute atomic E-state index is 12.5. The number of benzene rings is 1. The molecule has 0 saturated heterocycles. The number of hydrogen-bond donors (Lipinski definition) is 2. The van der Waals surface area contributed by atoms with Gasteiger partial charge in [-0.05, 0) is 25.0 Å². The second-order valence-corrected chi connectivity index (χ2v) is 5.89. The van der Waals surface area contributed by atoms with Gasteiger partial charge in [-0.25, -0.2) is 0 Å². The van der Waals surface area contributed by atoms with Crippen LogP contribution in [0.2, 0.25) is 0 Å². The summed E-state index contributed by atoms with van der Waals surface area (Å²) in [6.07, 6.45) is 0. The van der Waals surface area contributed by atoms with Crippen LogP contribution in [0.15, 0.2) is 24.3 Å². The van der Waals surface area contributed by atoms with Crippen LogP contribution < -0.4 is 5.32 Å². The number of fused-ring (bicyclic) bond motifs is 1. The van der Waals surface area contributed by atoms with E-state index in [1.54, 1.807) is 25.8 Å². The minimum atomic E-state index is -0.869. The summed E-state index contributed by atoms with van der Waals surface area (Å²) in [5.41, 5.74) is 1.42. The molecule has 1 aromatic carbocycles. The summed E-state index contributed by atoms with van der Waals surface area (Å²) in [6.45, 7) is 5.24. The van der Waals surface area contributed by atoms with Gasteiger partial charge in [0.1, 0.15) is 0 Å². The molecule has 1 heterocycles. The Morgan fingerprint density at radius 1 is 1.47 bits per heavy atom. The Bertz CT molecular complexity index is 465. The standard InChI is InChI=1S/C15H22N2O2/c1-15(2,19)10-17(3)14(18)13-9-16-8-11-6-4-5-7-12(11)13/h4-7,13,16,19H,8-10H2,1-3H3. The van der Waals surface area contributed by atoms with Crippen molar-refractivity contribution in [3.63, 3.8) is 0 Å². The first-order chi connectivity index (χ1) is 8.88. The van der Waals surface area contributed by atoms with E-state index in [2.05, 4.69) is 11.4 Å². The molecule has 19 heavy (non-hydrogen) atoms.